The summed E-state index contributed by atoms with van der Waals surface area (Å²) in [6.45, 7) is 17.2. The number of hydrogen-bond donors (Lipinski definition) is 1. The van der Waals surface area contributed by atoms with Crippen LogP contribution in [0, 0.1) is 5.41 Å². The minimum Gasteiger partial charge on any atom is -0.465 e. The van der Waals surface area contributed by atoms with E-state index in [1.54, 1.807) is 7.11 Å². The molecule has 1 aliphatic heterocycles. The first kappa shape index (κ1) is 42.1. The molecule has 0 radical (unpaired) electrons. The molecule has 3 aromatic carbocycles. The van der Waals surface area contributed by atoms with Crippen molar-refractivity contribution in [2.45, 2.75) is 84.6 Å². The van der Waals surface area contributed by atoms with Crippen LogP contribution in [0.5, 0.6) is 0 Å². The lowest BCUT2D eigenvalue weighted by atomic mass is 9.92. The number of rotatable bonds is 15. The summed E-state index contributed by atoms with van der Waals surface area (Å²) in [5.41, 5.74) is 6.40. The van der Waals surface area contributed by atoms with Crippen LogP contribution in [-0.4, -0.2) is 86.6 Å². The lowest BCUT2D eigenvalue weighted by Crippen LogP contribution is -2.67. The summed E-state index contributed by atoms with van der Waals surface area (Å²) < 4.78 is 23.4. The molecule has 7 rings (SSSR count). The van der Waals surface area contributed by atoms with Crippen LogP contribution in [0.25, 0.3) is 22.2 Å². The molecule has 1 N–H and O–H groups in total. The van der Waals surface area contributed by atoms with Gasteiger partial charge in [-0.15, -0.1) is 0 Å². The smallest absolute Gasteiger partial charge is 0.407 e. The highest BCUT2D eigenvalue weighted by molar-refractivity contribution is 9.10. The lowest BCUT2D eigenvalue weighted by molar-refractivity contribution is 0.0735. The van der Waals surface area contributed by atoms with Crippen LogP contribution < -0.4 is 15.3 Å². The molecule has 58 heavy (non-hydrogen) atoms. The Bertz CT molecular complexity index is 2150. The number of piperazine rings is 1. The van der Waals surface area contributed by atoms with Gasteiger partial charge in [0.15, 0.2) is 0 Å². The van der Waals surface area contributed by atoms with Crippen LogP contribution in [0.3, 0.4) is 0 Å². The van der Waals surface area contributed by atoms with Crippen LogP contribution in [0.15, 0.2) is 95.6 Å². The second-order valence-electron chi connectivity index (χ2n) is 17.4. The van der Waals surface area contributed by atoms with E-state index < -0.39 is 14.4 Å². The number of fused-ring (bicyclic) bond motifs is 1. The Kier molecular flexibility index (Phi) is 12.6. The summed E-state index contributed by atoms with van der Waals surface area (Å²) in [6.07, 6.45) is 3.89. The number of halogens is 1. The quantitative estimate of drug-likeness (QED) is 0.105. The first-order valence-corrected chi connectivity index (χ1v) is 23.4. The summed E-state index contributed by atoms with van der Waals surface area (Å²) in [4.78, 5) is 20.6. The van der Waals surface area contributed by atoms with Crippen molar-refractivity contribution in [3.63, 3.8) is 0 Å². The van der Waals surface area contributed by atoms with Gasteiger partial charge in [-0.05, 0) is 90.7 Å². The second kappa shape index (κ2) is 17.3. The predicted octanol–water partition coefficient (Wildman–Crippen LogP) is 9.30. The topological polar surface area (TPSA) is 89.3 Å². The molecule has 2 aromatic heterocycles. The summed E-state index contributed by atoms with van der Waals surface area (Å²) in [7, 11) is -1.03. The molecule has 0 unspecified atom stereocenters. The van der Waals surface area contributed by atoms with Gasteiger partial charge in [-0.3, -0.25) is 4.98 Å². The van der Waals surface area contributed by atoms with Crippen LogP contribution in [-0.2, 0) is 26.9 Å². The zero-order valence-electron chi connectivity index (χ0n) is 35.1. The fraction of sp³-hybridized carbons (Fsp3) is 0.447. The van der Waals surface area contributed by atoms with Crippen molar-refractivity contribution in [2.75, 3.05) is 51.4 Å². The minimum atomic E-state index is -2.77. The summed E-state index contributed by atoms with van der Waals surface area (Å²) in [6, 6.07) is 30.8. The summed E-state index contributed by atoms with van der Waals surface area (Å²) in [5.74, 6) is 0. The number of carbonyl (C=O) groups is 1. The Labute approximate surface area is 353 Å². The molecule has 1 saturated heterocycles. The predicted molar refractivity (Wildman–Crippen MR) is 240 cm³/mol. The van der Waals surface area contributed by atoms with Gasteiger partial charge in [0.1, 0.15) is 0 Å². The number of ether oxygens (including phenoxy) is 2. The van der Waals surface area contributed by atoms with Crippen LogP contribution in [0.2, 0.25) is 5.04 Å². The van der Waals surface area contributed by atoms with E-state index in [0.29, 0.717) is 45.9 Å². The van der Waals surface area contributed by atoms with E-state index in [4.69, 9.17) is 18.9 Å². The van der Waals surface area contributed by atoms with Gasteiger partial charge in [-0.1, -0.05) is 97.4 Å². The Balaban J connectivity index is 1.36. The number of anilines is 1. The molecule has 2 fully saturated rings. The average molecular weight is 868 g/mol. The van der Waals surface area contributed by atoms with E-state index in [1.165, 1.54) is 26.2 Å². The van der Waals surface area contributed by atoms with Gasteiger partial charge in [0.05, 0.1) is 42.1 Å². The molecular weight excluding hydrogens is 809 g/mol. The van der Waals surface area contributed by atoms with E-state index in [2.05, 4.69) is 152 Å². The van der Waals surface area contributed by atoms with E-state index in [1.807, 2.05) is 6.20 Å². The van der Waals surface area contributed by atoms with E-state index in [9.17, 15) is 9.90 Å². The number of hydrogen-bond acceptors (Lipinski definition) is 6. The SMILES string of the molecule is CO[C@@H](C)c1ncc(N2CCN(C(=O)O)CC2)cc1-c1c(CC2(CO[Si](c3ccccc3)(c3ccccc3)C(C)(C)C)CC2)c2cc(Br)ccc2n1CCOC(C)C. The molecule has 0 bridgehead atoms. The molecule has 0 spiro atoms. The fourth-order valence-electron chi connectivity index (χ4n) is 8.86. The minimum absolute atomic E-state index is 0.0527. The van der Waals surface area contributed by atoms with Crippen molar-refractivity contribution < 1.29 is 23.8 Å². The number of methoxy groups -OCH3 is 1. The molecule has 5 aromatic rings. The molecule has 1 saturated carbocycles. The zero-order valence-corrected chi connectivity index (χ0v) is 37.7. The molecule has 308 valence electrons. The van der Waals surface area contributed by atoms with Crippen molar-refractivity contribution in [3.8, 4) is 11.3 Å². The van der Waals surface area contributed by atoms with Gasteiger partial charge < -0.3 is 33.4 Å². The number of nitrogens with zero attached hydrogens (tertiary/aromatic N) is 4. The molecule has 1 amide bonds. The van der Waals surface area contributed by atoms with Crippen LogP contribution in [0.4, 0.5) is 10.5 Å². The number of carboxylic acid groups (broad SMARTS) is 1. The van der Waals surface area contributed by atoms with Gasteiger partial charge in [-0.25, -0.2) is 4.79 Å². The summed E-state index contributed by atoms with van der Waals surface area (Å²) in [5, 5.41) is 13.3. The van der Waals surface area contributed by atoms with Crippen LogP contribution >= 0.6 is 15.9 Å². The first-order valence-electron chi connectivity index (χ1n) is 20.7. The highest BCUT2D eigenvalue weighted by Gasteiger charge is 2.53. The van der Waals surface area contributed by atoms with E-state index >= 15 is 0 Å². The van der Waals surface area contributed by atoms with E-state index in [-0.39, 0.29) is 22.7 Å². The van der Waals surface area contributed by atoms with Crippen molar-refractivity contribution in [2.24, 2.45) is 5.41 Å². The Morgan fingerprint density at radius 2 is 1.57 bits per heavy atom. The third-order valence-electron chi connectivity index (χ3n) is 12.2. The maximum absolute atomic E-state index is 11.8. The Morgan fingerprint density at radius 3 is 2.12 bits per heavy atom. The van der Waals surface area contributed by atoms with Gasteiger partial charge in [0.25, 0.3) is 8.32 Å². The third-order valence-corrected chi connectivity index (χ3v) is 17.7. The van der Waals surface area contributed by atoms with E-state index in [0.717, 1.165) is 51.9 Å². The largest absolute Gasteiger partial charge is 0.465 e. The lowest BCUT2D eigenvalue weighted by Gasteiger charge is -2.44. The first-order chi connectivity index (χ1) is 27.8. The number of aromatic nitrogens is 2. The van der Waals surface area contributed by atoms with Crippen molar-refractivity contribution in [1.29, 1.82) is 0 Å². The second-order valence-corrected chi connectivity index (χ2v) is 22.7. The van der Waals surface area contributed by atoms with Gasteiger partial charge in [0.2, 0.25) is 0 Å². The molecule has 1 aliphatic carbocycles. The average Bonchev–Trinajstić information content (AvgIpc) is 3.92. The highest BCUT2D eigenvalue weighted by Crippen LogP contribution is 2.53. The molecule has 3 heterocycles. The Hall–Kier alpha value is -4.00. The Morgan fingerprint density at radius 1 is 0.931 bits per heavy atom. The number of benzene rings is 3. The van der Waals surface area contributed by atoms with Crippen molar-refractivity contribution >= 4 is 57.3 Å². The van der Waals surface area contributed by atoms with Gasteiger partial charge in [0, 0.05) is 67.4 Å². The standard InChI is InChI=1S/C47H59BrN4O5Si/c1-33(2)56-27-26-52-42-19-18-35(48)28-39(42)41(44(52)40-29-36(31-49-43(40)34(3)55-7)50-22-24-51(25-23-50)45(53)54)30-47(20-21-47)32-57-58(46(4,5)6,37-14-10-8-11-15-37)38-16-12-9-13-17-38/h8-19,28-29,31,33-34H,20-27,30,32H2,1-7H3,(H,53,54)/t34-/m0/s1. The van der Waals surface area contributed by atoms with Crippen molar-refractivity contribution in [3.05, 3.63) is 107 Å². The monoisotopic (exact) mass is 866 g/mol. The third kappa shape index (κ3) is 8.52. The van der Waals surface area contributed by atoms with Crippen molar-refractivity contribution in [1.82, 2.24) is 14.5 Å². The van der Waals surface area contributed by atoms with Gasteiger partial charge >= 0.3 is 6.09 Å². The summed E-state index contributed by atoms with van der Waals surface area (Å²) >= 11 is 3.84. The van der Waals surface area contributed by atoms with Crippen LogP contribution in [0.1, 0.15) is 71.7 Å². The molecule has 1 atom stereocenters. The fourth-order valence-corrected chi connectivity index (χ4v) is 13.9. The zero-order chi connectivity index (χ0) is 41.2. The molecule has 11 heteroatoms. The highest BCUT2D eigenvalue weighted by atomic mass is 79.9. The molecular formula is C47H59BrN4O5Si. The molecule has 2 aliphatic rings. The molecule has 9 nitrogen and oxygen atoms in total. The number of pyridine rings is 1. The normalized spacial score (nSPS) is 16.3. The van der Waals surface area contributed by atoms with Gasteiger partial charge in [-0.2, -0.15) is 0 Å². The maximum atomic E-state index is 11.8. The maximum Gasteiger partial charge on any atom is 0.407 e. The number of amides is 1.